The fourth-order valence-electron chi connectivity index (χ4n) is 2.39. The number of aromatic nitrogens is 1. The molecule has 2 aromatic rings. The summed E-state index contributed by atoms with van der Waals surface area (Å²) in [4.78, 5) is 4.58. The molecule has 7 nitrogen and oxygen atoms in total. The Morgan fingerprint density at radius 1 is 1.28 bits per heavy atom. The number of hydrogen-bond acceptors (Lipinski definition) is 5. The smallest absolute Gasteiger partial charge is 0.191 e. The number of aryl methyl sites for hydroxylation is 2. The highest BCUT2D eigenvalue weighted by Gasteiger charge is 2.14. The second-order valence-electron chi connectivity index (χ2n) is 5.35. The molecule has 140 valence electrons. The van der Waals surface area contributed by atoms with E-state index in [9.17, 15) is 5.11 Å². The highest BCUT2D eigenvalue weighted by Crippen LogP contribution is 2.17. The summed E-state index contributed by atoms with van der Waals surface area (Å²) < 4.78 is 10.6. The molecule has 0 aliphatic carbocycles. The molecule has 2 aromatic heterocycles. The van der Waals surface area contributed by atoms with Gasteiger partial charge in [0, 0.05) is 18.5 Å². The van der Waals surface area contributed by atoms with Crippen molar-refractivity contribution in [3.63, 3.8) is 0 Å². The quantitative estimate of drug-likeness (QED) is 0.317. The lowest BCUT2D eigenvalue weighted by molar-refractivity contribution is 0.153. The Morgan fingerprint density at radius 3 is 2.68 bits per heavy atom. The third-order valence-electron chi connectivity index (χ3n) is 3.68. The lowest BCUT2D eigenvalue weighted by Crippen LogP contribution is -2.39. The van der Waals surface area contributed by atoms with Crippen LogP contribution in [0.15, 0.2) is 32.3 Å². The van der Waals surface area contributed by atoms with Crippen LogP contribution in [0.5, 0.6) is 0 Å². The van der Waals surface area contributed by atoms with Gasteiger partial charge in [0.2, 0.25) is 0 Å². The van der Waals surface area contributed by atoms with Crippen LogP contribution in [-0.2, 0) is 19.4 Å². The van der Waals surface area contributed by atoms with Crippen LogP contribution in [0, 0.1) is 0 Å². The largest absolute Gasteiger partial charge is 0.467 e. The van der Waals surface area contributed by atoms with E-state index in [4.69, 9.17) is 8.94 Å². The monoisotopic (exact) mass is 462 g/mol. The van der Waals surface area contributed by atoms with Crippen molar-refractivity contribution >= 4 is 29.9 Å². The maximum atomic E-state index is 10.1. The molecule has 0 saturated heterocycles. The fourth-order valence-corrected chi connectivity index (χ4v) is 2.39. The van der Waals surface area contributed by atoms with E-state index in [1.165, 1.54) is 0 Å². The van der Waals surface area contributed by atoms with Crippen LogP contribution in [0.1, 0.15) is 49.7 Å². The van der Waals surface area contributed by atoms with Crippen LogP contribution < -0.4 is 10.6 Å². The van der Waals surface area contributed by atoms with Crippen molar-refractivity contribution in [1.82, 2.24) is 15.8 Å². The Bertz CT molecular complexity index is 619. The lowest BCUT2D eigenvalue weighted by atomic mass is 10.1. The zero-order chi connectivity index (χ0) is 17.4. The summed E-state index contributed by atoms with van der Waals surface area (Å²) in [7, 11) is 0. The van der Waals surface area contributed by atoms with Crippen LogP contribution in [0.25, 0.3) is 0 Å². The molecule has 0 spiro atoms. The minimum atomic E-state index is -0.725. The average molecular weight is 462 g/mol. The number of rotatable bonds is 8. The highest BCUT2D eigenvalue weighted by molar-refractivity contribution is 14.0. The number of nitrogens with zero attached hydrogens (tertiary/aromatic N) is 2. The van der Waals surface area contributed by atoms with Gasteiger partial charge in [0.1, 0.15) is 17.6 Å². The standard InChI is InChI=1S/C17H26N4O3.HI/c1-4-13-12(15(5-2)24-21-13)10-19-17(18-6-3)20-11-14(22)16-8-7-9-23-16;/h7-9,14,22H,4-6,10-11H2,1-3H3,(H2,18,19,20);1H. The van der Waals surface area contributed by atoms with E-state index >= 15 is 0 Å². The molecule has 25 heavy (non-hydrogen) atoms. The van der Waals surface area contributed by atoms with Gasteiger partial charge in [0.25, 0.3) is 0 Å². The number of aliphatic hydroxyl groups is 1. The normalized spacial score (nSPS) is 12.6. The third kappa shape index (κ3) is 6.03. The van der Waals surface area contributed by atoms with Crippen molar-refractivity contribution in [2.75, 3.05) is 13.1 Å². The van der Waals surface area contributed by atoms with Gasteiger partial charge in [-0.05, 0) is 25.5 Å². The number of aliphatic hydroxyl groups excluding tert-OH is 1. The van der Waals surface area contributed by atoms with Crippen LogP contribution in [0.2, 0.25) is 0 Å². The average Bonchev–Trinajstić information content (AvgIpc) is 3.25. The molecular weight excluding hydrogens is 435 g/mol. The van der Waals surface area contributed by atoms with Gasteiger partial charge in [0.15, 0.2) is 5.96 Å². The summed E-state index contributed by atoms with van der Waals surface area (Å²) in [5.41, 5.74) is 1.99. The molecule has 0 bridgehead atoms. The predicted molar refractivity (Wildman–Crippen MR) is 107 cm³/mol. The second kappa shape index (κ2) is 11.1. The fraction of sp³-hybridized carbons (Fsp3) is 0.529. The first-order valence-electron chi connectivity index (χ1n) is 8.39. The van der Waals surface area contributed by atoms with E-state index in [-0.39, 0.29) is 24.0 Å². The first-order chi connectivity index (χ1) is 11.7. The molecule has 0 fully saturated rings. The number of nitrogens with one attached hydrogen (secondary N) is 2. The summed E-state index contributed by atoms with van der Waals surface area (Å²) in [5, 5.41) is 20.5. The Balaban J connectivity index is 0.00000312. The molecule has 0 aliphatic rings. The molecular formula is C17H27IN4O3. The Morgan fingerprint density at radius 2 is 2.08 bits per heavy atom. The molecule has 0 aliphatic heterocycles. The van der Waals surface area contributed by atoms with Gasteiger partial charge in [-0.2, -0.15) is 0 Å². The summed E-state index contributed by atoms with van der Waals surface area (Å²) in [6, 6.07) is 3.50. The molecule has 0 aromatic carbocycles. The zero-order valence-corrected chi connectivity index (χ0v) is 17.2. The van der Waals surface area contributed by atoms with Crippen molar-refractivity contribution in [3.8, 4) is 0 Å². The summed E-state index contributed by atoms with van der Waals surface area (Å²) >= 11 is 0. The molecule has 0 radical (unpaired) electrons. The number of aliphatic imine (C=N–C) groups is 1. The minimum absolute atomic E-state index is 0. The zero-order valence-electron chi connectivity index (χ0n) is 14.9. The van der Waals surface area contributed by atoms with Crippen LogP contribution in [0.4, 0.5) is 0 Å². The van der Waals surface area contributed by atoms with Gasteiger partial charge < -0.3 is 24.7 Å². The Kier molecular flexibility index (Phi) is 9.58. The predicted octanol–water partition coefficient (Wildman–Crippen LogP) is 2.80. The van der Waals surface area contributed by atoms with Crippen LogP contribution in [-0.4, -0.2) is 29.3 Å². The van der Waals surface area contributed by atoms with Crippen molar-refractivity contribution in [3.05, 3.63) is 41.2 Å². The number of hydrogen-bond donors (Lipinski definition) is 3. The molecule has 2 rings (SSSR count). The molecule has 0 saturated carbocycles. The van der Waals surface area contributed by atoms with E-state index in [0.717, 1.165) is 36.4 Å². The lowest BCUT2D eigenvalue weighted by Gasteiger charge is -2.14. The molecule has 8 heteroatoms. The van der Waals surface area contributed by atoms with Gasteiger partial charge in [0.05, 0.1) is 25.0 Å². The highest BCUT2D eigenvalue weighted by atomic mass is 127. The SMILES string of the molecule is CCNC(=NCc1c(CC)noc1CC)NCC(O)c1ccco1.I. The molecule has 2 heterocycles. The maximum Gasteiger partial charge on any atom is 0.191 e. The van der Waals surface area contributed by atoms with Gasteiger partial charge in [-0.3, -0.25) is 0 Å². The van der Waals surface area contributed by atoms with Gasteiger partial charge in [-0.25, -0.2) is 4.99 Å². The second-order valence-corrected chi connectivity index (χ2v) is 5.35. The number of halogens is 1. The van der Waals surface area contributed by atoms with E-state index in [1.807, 2.05) is 20.8 Å². The molecule has 1 atom stereocenters. The van der Waals surface area contributed by atoms with Gasteiger partial charge in [-0.1, -0.05) is 19.0 Å². The minimum Gasteiger partial charge on any atom is -0.467 e. The summed E-state index contributed by atoms with van der Waals surface area (Å²) in [5.74, 6) is 2.04. The van der Waals surface area contributed by atoms with Crippen molar-refractivity contribution in [1.29, 1.82) is 0 Å². The molecule has 0 amide bonds. The van der Waals surface area contributed by atoms with Crippen molar-refractivity contribution in [2.24, 2.45) is 4.99 Å². The van der Waals surface area contributed by atoms with Crippen LogP contribution >= 0.6 is 24.0 Å². The molecule has 1 unspecified atom stereocenters. The Hall–Kier alpha value is -1.55. The van der Waals surface area contributed by atoms with E-state index < -0.39 is 6.10 Å². The molecule has 3 N–H and O–H groups in total. The van der Waals surface area contributed by atoms with Crippen molar-refractivity contribution in [2.45, 2.75) is 46.3 Å². The number of furan rings is 1. The summed E-state index contributed by atoms with van der Waals surface area (Å²) in [6.07, 6.45) is 2.42. The van der Waals surface area contributed by atoms with Gasteiger partial charge >= 0.3 is 0 Å². The first kappa shape index (κ1) is 21.5. The third-order valence-corrected chi connectivity index (χ3v) is 3.68. The van der Waals surface area contributed by atoms with Gasteiger partial charge in [-0.15, -0.1) is 24.0 Å². The topological polar surface area (TPSA) is 95.8 Å². The number of guanidine groups is 1. The summed E-state index contributed by atoms with van der Waals surface area (Å²) in [6.45, 7) is 7.61. The van der Waals surface area contributed by atoms with E-state index in [2.05, 4.69) is 20.8 Å². The van der Waals surface area contributed by atoms with Crippen LogP contribution in [0.3, 0.4) is 0 Å². The first-order valence-corrected chi connectivity index (χ1v) is 8.39. The van der Waals surface area contributed by atoms with E-state index in [1.54, 1.807) is 18.4 Å². The Labute approximate surface area is 165 Å². The van der Waals surface area contributed by atoms with E-state index in [0.29, 0.717) is 24.8 Å². The maximum absolute atomic E-state index is 10.1. The van der Waals surface area contributed by atoms with Crippen molar-refractivity contribution < 1.29 is 14.0 Å².